The van der Waals surface area contributed by atoms with Gasteiger partial charge in [-0.3, -0.25) is 14.1 Å². The van der Waals surface area contributed by atoms with Crippen LogP contribution in [0, 0.1) is 5.82 Å². The number of nitrogens with one attached hydrogen (secondary N) is 1. The van der Waals surface area contributed by atoms with Crippen LogP contribution in [-0.2, 0) is 14.8 Å². The van der Waals surface area contributed by atoms with Crippen molar-refractivity contribution < 1.29 is 17.6 Å². The molecule has 1 heterocycles. The summed E-state index contributed by atoms with van der Waals surface area (Å²) in [6.45, 7) is -0.590. The van der Waals surface area contributed by atoms with Gasteiger partial charge in [0.25, 0.3) is 10.0 Å². The third-order valence-corrected chi connectivity index (χ3v) is 5.46. The van der Waals surface area contributed by atoms with Crippen molar-refractivity contribution in [2.75, 3.05) is 16.2 Å². The average Bonchev–Trinajstić information content (AvgIpc) is 2.68. The molecule has 1 amide bonds. The summed E-state index contributed by atoms with van der Waals surface area (Å²) < 4.78 is 41.1. The van der Waals surface area contributed by atoms with E-state index in [0.717, 1.165) is 10.4 Å². The molecule has 0 radical (unpaired) electrons. The molecule has 0 bridgehead atoms. The van der Waals surface area contributed by atoms with E-state index in [1.165, 1.54) is 36.5 Å². The third kappa shape index (κ3) is 4.29. The number of nitrogens with zero attached hydrogens (tertiary/aromatic N) is 2. The van der Waals surface area contributed by atoms with Gasteiger partial charge in [-0.2, -0.15) is 0 Å². The lowest BCUT2D eigenvalue weighted by Crippen LogP contribution is -2.38. The molecule has 138 valence electrons. The van der Waals surface area contributed by atoms with Gasteiger partial charge in [0.1, 0.15) is 12.4 Å². The third-order valence-electron chi connectivity index (χ3n) is 3.68. The molecule has 0 saturated carbocycles. The Labute approximate surface area is 156 Å². The Hall–Kier alpha value is -3.26. The van der Waals surface area contributed by atoms with Gasteiger partial charge in [0.15, 0.2) is 0 Å². The topological polar surface area (TPSA) is 79.4 Å². The average molecular weight is 385 g/mol. The number of pyridine rings is 1. The van der Waals surface area contributed by atoms with Crippen molar-refractivity contribution >= 4 is 27.3 Å². The lowest BCUT2D eigenvalue weighted by atomic mass is 10.3. The van der Waals surface area contributed by atoms with E-state index in [0.29, 0.717) is 5.69 Å². The molecule has 0 spiro atoms. The van der Waals surface area contributed by atoms with Crippen molar-refractivity contribution in [1.29, 1.82) is 0 Å². The minimum absolute atomic E-state index is 0.0394. The van der Waals surface area contributed by atoms with Gasteiger partial charge < -0.3 is 5.32 Å². The maximum Gasteiger partial charge on any atom is 0.264 e. The Morgan fingerprint density at radius 3 is 2.37 bits per heavy atom. The van der Waals surface area contributed by atoms with Crippen LogP contribution in [0.3, 0.4) is 0 Å². The fourth-order valence-electron chi connectivity index (χ4n) is 2.44. The first-order chi connectivity index (χ1) is 13.0. The van der Waals surface area contributed by atoms with Crippen LogP contribution >= 0.6 is 0 Å². The number of anilines is 2. The van der Waals surface area contributed by atoms with E-state index in [4.69, 9.17) is 0 Å². The lowest BCUT2D eigenvalue weighted by Gasteiger charge is -2.24. The number of para-hydroxylation sites is 1. The predicted molar refractivity (Wildman–Crippen MR) is 100 cm³/mol. The zero-order valence-corrected chi connectivity index (χ0v) is 14.9. The van der Waals surface area contributed by atoms with Gasteiger partial charge in [0.05, 0.1) is 22.5 Å². The predicted octanol–water partition coefficient (Wildman–Crippen LogP) is 3.05. The SMILES string of the molecule is O=C(CN(c1ccccc1F)S(=O)(=O)c1ccccc1)Nc1cccnc1. The second kappa shape index (κ2) is 7.96. The number of carbonyl (C=O) groups excluding carboxylic acids is 1. The van der Waals surface area contributed by atoms with Crippen LogP contribution in [0.1, 0.15) is 0 Å². The number of amides is 1. The van der Waals surface area contributed by atoms with Crippen LogP contribution in [0.2, 0.25) is 0 Å². The number of hydrogen-bond acceptors (Lipinski definition) is 4. The molecule has 1 N–H and O–H groups in total. The Morgan fingerprint density at radius 2 is 1.70 bits per heavy atom. The van der Waals surface area contributed by atoms with E-state index in [2.05, 4.69) is 10.3 Å². The van der Waals surface area contributed by atoms with Crippen molar-refractivity contribution in [3.05, 3.63) is 84.9 Å². The van der Waals surface area contributed by atoms with Gasteiger partial charge in [0, 0.05) is 6.20 Å². The summed E-state index contributed by atoms with van der Waals surface area (Å²) in [6.07, 6.45) is 2.97. The number of hydrogen-bond donors (Lipinski definition) is 1. The van der Waals surface area contributed by atoms with E-state index in [9.17, 15) is 17.6 Å². The van der Waals surface area contributed by atoms with Crippen molar-refractivity contribution in [3.63, 3.8) is 0 Å². The number of carbonyl (C=O) groups is 1. The maximum absolute atomic E-state index is 14.3. The molecule has 0 saturated heterocycles. The van der Waals surface area contributed by atoms with Crippen molar-refractivity contribution in [1.82, 2.24) is 4.98 Å². The van der Waals surface area contributed by atoms with Gasteiger partial charge in [0.2, 0.25) is 5.91 Å². The minimum atomic E-state index is -4.15. The van der Waals surface area contributed by atoms with Crippen LogP contribution in [0.4, 0.5) is 15.8 Å². The van der Waals surface area contributed by atoms with Crippen LogP contribution in [0.15, 0.2) is 84.0 Å². The second-order valence-electron chi connectivity index (χ2n) is 5.57. The Balaban J connectivity index is 1.96. The Kier molecular flexibility index (Phi) is 5.46. The van der Waals surface area contributed by atoms with Gasteiger partial charge in [-0.05, 0) is 36.4 Å². The molecule has 0 unspecified atom stereocenters. The van der Waals surface area contributed by atoms with Crippen molar-refractivity contribution in [2.24, 2.45) is 0 Å². The molecular weight excluding hydrogens is 369 g/mol. The highest BCUT2D eigenvalue weighted by atomic mass is 32.2. The molecule has 0 fully saturated rings. The molecular formula is C19H16FN3O3S. The Bertz CT molecular complexity index is 1030. The molecule has 3 aromatic rings. The van der Waals surface area contributed by atoms with E-state index in [-0.39, 0.29) is 10.6 Å². The van der Waals surface area contributed by atoms with Crippen molar-refractivity contribution in [2.45, 2.75) is 4.90 Å². The highest BCUT2D eigenvalue weighted by Gasteiger charge is 2.29. The largest absolute Gasteiger partial charge is 0.323 e. The summed E-state index contributed by atoms with van der Waals surface area (Å²) in [5, 5.41) is 2.56. The molecule has 3 rings (SSSR count). The summed E-state index contributed by atoms with van der Waals surface area (Å²) in [4.78, 5) is 16.3. The summed E-state index contributed by atoms with van der Waals surface area (Å²) in [5.74, 6) is -1.36. The molecule has 0 aliphatic rings. The van der Waals surface area contributed by atoms with Crippen LogP contribution < -0.4 is 9.62 Å². The molecule has 0 atom stereocenters. The van der Waals surface area contributed by atoms with Crippen molar-refractivity contribution in [3.8, 4) is 0 Å². The maximum atomic E-state index is 14.3. The number of sulfonamides is 1. The highest BCUT2D eigenvalue weighted by molar-refractivity contribution is 7.92. The zero-order chi connectivity index (χ0) is 19.3. The molecule has 8 heteroatoms. The minimum Gasteiger partial charge on any atom is -0.323 e. The normalized spacial score (nSPS) is 11.0. The summed E-state index contributed by atoms with van der Waals surface area (Å²) in [5.41, 5.74) is 0.204. The monoisotopic (exact) mass is 385 g/mol. The molecule has 27 heavy (non-hydrogen) atoms. The summed E-state index contributed by atoms with van der Waals surface area (Å²) in [6, 6.07) is 16.2. The molecule has 2 aromatic carbocycles. The van der Waals surface area contributed by atoms with E-state index >= 15 is 0 Å². The molecule has 6 nitrogen and oxygen atoms in total. The summed E-state index contributed by atoms with van der Waals surface area (Å²) in [7, 11) is -4.15. The van der Waals surface area contributed by atoms with Crippen LogP contribution in [-0.4, -0.2) is 25.9 Å². The molecule has 0 aliphatic heterocycles. The lowest BCUT2D eigenvalue weighted by molar-refractivity contribution is -0.114. The first kappa shape index (κ1) is 18.5. The van der Waals surface area contributed by atoms with Crippen LogP contribution in [0.5, 0.6) is 0 Å². The highest BCUT2D eigenvalue weighted by Crippen LogP contribution is 2.26. The van der Waals surface area contributed by atoms with Gasteiger partial charge in [-0.1, -0.05) is 30.3 Å². The number of aromatic nitrogens is 1. The van der Waals surface area contributed by atoms with E-state index in [1.54, 1.807) is 36.5 Å². The van der Waals surface area contributed by atoms with Gasteiger partial charge in [-0.25, -0.2) is 12.8 Å². The van der Waals surface area contributed by atoms with E-state index in [1.807, 2.05) is 0 Å². The number of benzene rings is 2. The molecule has 0 aliphatic carbocycles. The zero-order valence-electron chi connectivity index (χ0n) is 14.1. The van der Waals surface area contributed by atoms with Gasteiger partial charge in [-0.15, -0.1) is 0 Å². The molecule has 1 aromatic heterocycles. The smallest absolute Gasteiger partial charge is 0.264 e. The second-order valence-corrected chi connectivity index (χ2v) is 7.43. The fourth-order valence-corrected chi connectivity index (χ4v) is 3.89. The van der Waals surface area contributed by atoms with Gasteiger partial charge >= 0.3 is 0 Å². The standard InChI is InChI=1S/C19H16FN3O3S/c20-17-10-4-5-11-18(17)23(27(25,26)16-8-2-1-3-9-16)14-19(24)22-15-7-6-12-21-13-15/h1-13H,14H2,(H,22,24). The Morgan fingerprint density at radius 1 is 1.00 bits per heavy atom. The van der Waals surface area contributed by atoms with Crippen LogP contribution in [0.25, 0.3) is 0 Å². The first-order valence-corrected chi connectivity index (χ1v) is 9.45. The fraction of sp³-hybridized carbons (Fsp3) is 0.0526. The number of halogens is 1. The quantitative estimate of drug-likeness (QED) is 0.707. The van der Waals surface area contributed by atoms with E-state index < -0.39 is 28.3 Å². The summed E-state index contributed by atoms with van der Waals surface area (Å²) >= 11 is 0. The number of rotatable bonds is 6. The first-order valence-electron chi connectivity index (χ1n) is 8.00.